The molecule has 2 aromatic carbocycles. The van der Waals surface area contributed by atoms with E-state index < -0.39 is 29.9 Å². The molecule has 3 aromatic rings. The minimum Gasteiger partial charge on any atom is -0.361 e. The van der Waals surface area contributed by atoms with Crippen LogP contribution in [0, 0.1) is 0 Å². The number of aromatic nitrogens is 1. The SMILES string of the molecule is C[C@H](N)C(=O)N[C@H](Cc1ccc(Cl)cc1)C(=O)N[C@@H](C=O)Cc1c[nH]c2ccccc12. The number of hydrogen-bond acceptors (Lipinski definition) is 4. The van der Waals surface area contributed by atoms with Gasteiger partial charge in [-0.1, -0.05) is 41.9 Å². The summed E-state index contributed by atoms with van der Waals surface area (Å²) in [7, 11) is 0. The first-order valence-electron chi connectivity index (χ1n) is 9.98. The molecule has 3 rings (SSSR count). The molecular formula is C23H25ClN4O3. The molecule has 1 aromatic heterocycles. The summed E-state index contributed by atoms with van der Waals surface area (Å²) < 4.78 is 0. The van der Waals surface area contributed by atoms with E-state index in [0.29, 0.717) is 17.7 Å². The van der Waals surface area contributed by atoms with E-state index in [0.717, 1.165) is 22.0 Å². The largest absolute Gasteiger partial charge is 0.361 e. The van der Waals surface area contributed by atoms with Gasteiger partial charge in [-0.15, -0.1) is 0 Å². The second-order valence-electron chi connectivity index (χ2n) is 7.50. The van der Waals surface area contributed by atoms with E-state index in [4.69, 9.17) is 17.3 Å². The molecule has 0 aliphatic carbocycles. The molecule has 0 aliphatic heterocycles. The number of nitrogens with two attached hydrogens (primary N) is 1. The van der Waals surface area contributed by atoms with Gasteiger partial charge in [0.2, 0.25) is 11.8 Å². The van der Waals surface area contributed by atoms with Crippen LogP contribution in [0.5, 0.6) is 0 Å². The average molecular weight is 441 g/mol. The predicted octanol–water partition coefficient (Wildman–Crippen LogP) is 2.12. The molecule has 0 unspecified atom stereocenters. The highest BCUT2D eigenvalue weighted by atomic mass is 35.5. The zero-order valence-corrected chi connectivity index (χ0v) is 17.9. The second-order valence-corrected chi connectivity index (χ2v) is 7.93. The fourth-order valence-electron chi connectivity index (χ4n) is 3.32. The third kappa shape index (κ3) is 5.93. The number of aldehydes is 1. The van der Waals surface area contributed by atoms with Crippen LogP contribution in [0.2, 0.25) is 5.02 Å². The molecule has 0 saturated heterocycles. The molecule has 0 bridgehead atoms. The van der Waals surface area contributed by atoms with Gasteiger partial charge in [-0.05, 0) is 36.2 Å². The van der Waals surface area contributed by atoms with Gasteiger partial charge in [0.1, 0.15) is 12.3 Å². The van der Waals surface area contributed by atoms with E-state index in [9.17, 15) is 14.4 Å². The number of para-hydroxylation sites is 1. The van der Waals surface area contributed by atoms with E-state index in [1.54, 1.807) is 24.3 Å². The van der Waals surface area contributed by atoms with Crippen molar-refractivity contribution in [3.63, 3.8) is 0 Å². The van der Waals surface area contributed by atoms with Crippen molar-refractivity contribution < 1.29 is 14.4 Å². The molecule has 8 heteroatoms. The average Bonchev–Trinajstić information content (AvgIpc) is 3.16. The summed E-state index contributed by atoms with van der Waals surface area (Å²) in [5.74, 6) is -0.908. The summed E-state index contributed by atoms with van der Waals surface area (Å²) in [6, 6.07) is 12.3. The number of amides is 2. The van der Waals surface area contributed by atoms with Gasteiger partial charge in [0.05, 0.1) is 12.1 Å². The molecule has 1 heterocycles. The van der Waals surface area contributed by atoms with Crippen molar-refractivity contribution in [2.75, 3.05) is 0 Å². The van der Waals surface area contributed by atoms with E-state index in [2.05, 4.69) is 15.6 Å². The molecule has 0 aliphatic rings. The predicted molar refractivity (Wildman–Crippen MR) is 121 cm³/mol. The molecule has 0 fully saturated rings. The third-order valence-electron chi connectivity index (χ3n) is 5.01. The Labute approximate surface area is 185 Å². The van der Waals surface area contributed by atoms with Gasteiger partial charge in [-0.3, -0.25) is 9.59 Å². The first kappa shape index (κ1) is 22.5. The molecule has 31 heavy (non-hydrogen) atoms. The van der Waals surface area contributed by atoms with E-state index in [-0.39, 0.29) is 6.42 Å². The van der Waals surface area contributed by atoms with Crippen LogP contribution < -0.4 is 16.4 Å². The minimum atomic E-state index is -0.884. The Morgan fingerprint density at radius 3 is 2.45 bits per heavy atom. The Morgan fingerprint density at radius 1 is 1.06 bits per heavy atom. The molecule has 0 radical (unpaired) electrons. The maximum absolute atomic E-state index is 13.0. The van der Waals surface area contributed by atoms with Crippen LogP contribution >= 0.6 is 11.6 Å². The smallest absolute Gasteiger partial charge is 0.243 e. The van der Waals surface area contributed by atoms with E-state index >= 15 is 0 Å². The molecule has 3 atom stereocenters. The van der Waals surface area contributed by atoms with Crippen LogP contribution in [0.15, 0.2) is 54.7 Å². The lowest BCUT2D eigenvalue weighted by atomic mass is 10.0. The Morgan fingerprint density at radius 2 is 1.77 bits per heavy atom. The van der Waals surface area contributed by atoms with E-state index in [1.165, 1.54) is 6.92 Å². The number of nitrogens with one attached hydrogen (secondary N) is 3. The molecule has 0 saturated carbocycles. The van der Waals surface area contributed by atoms with Gasteiger partial charge >= 0.3 is 0 Å². The number of H-pyrrole nitrogens is 1. The van der Waals surface area contributed by atoms with Crippen LogP contribution in [0.1, 0.15) is 18.1 Å². The Kier molecular flexibility index (Phi) is 7.44. The van der Waals surface area contributed by atoms with Crippen molar-refractivity contribution in [1.82, 2.24) is 15.6 Å². The number of hydrogen-bond donors (Lipinski definition) is 4. The Hall–Kier alpha value is -3.16. The molecular weight excluding hydrogens is 416 g/mol. The van der Waals surface area contributed by atoms with Gasteiger partial charge in [-0.2, -0.15) is 0 Å². The summed E-state index contributed by atoms with van der Waals surface area (Å²) in [5.41, 5.74) is 8.34. The monoisotopic (exact) mass is 440 g/mol. The number of benzene rings is 2. The van der Waals surface area contributed by atoms with Gasteiger partial charge in [0.25, 0.3) is 0 Å². The normalized spacial score (nSPS) is 13.9. The number of fused-ring (bicyclic) bond motifs is 1. The van der Waals surface area contributed by atoms with Gasteiger partial charge in [0.15, 0.2) is 0 Å². The van der Waals surface area contributed by atoms with Crippen LogP contribution in [-0.2, 0) is 27.2 Å². The summed E-state index contributed by atoms with van der Waals surface area (Å²) in [6.45, 7) is 1.54. The highest BCUT2D eigenvalue weighted by molar-refractivity contribution is 6.30. The Bertz CT molecular complexity index is 1060. The maximum Gasteiger partial charge on any atom is 0.243 e. The highest BCUT2D eigenvalue weighted by Gasteiger charge is 2.25. The Balaban J connectivity index is 1.74. The van der Waals surface area contributed by atoms with Crippen molar-refractivity contribution in [2.45, 2.75) is 37.9 Å². The summed E-state index contributed by atoms with van der Waals surface area (Å²) >= 11 is 5.93. The molecule has 7 nitrogen and oxygen atoms in total. The minimum absolute atomic E-state index is 0.236. The van der Waals surface area contributed by atoms with Gasteiger partial charge in [-0.25, -0.2) is 0 Å². The van der Waals surface area contributed by atoms with Gasteiger partial charge < -0.3 is 26.1 Å². The highest BCUT2D eigenvalue weighted by Crippen LogP contribution is 2.19. The fourth-order valence-corrected chi connectivity index (χ4v) is 3.45. The number of carbonyl (C=O) groups excluding carboxylic acids is 3. The van der Waals surface area contributed by atoms with Gasteiger partial charge in [0, 0.05) is 35.0 Å². The molecule has 2 amide bonds. The quantitative estimate of drug-likeness (QED) is 0.381. The van der Waals surface area contributed by atoms with Crippen LogP contribution in [-0.4, -0.2) is 41.2 Å². The molecule has 5 N–H and O–H groups in total. The summed E-state index contributed by atoms with van der Waals surface area (Å²) in [4.78, 5) is 40.0. The summed E-state index contributed by atoms with van der Waals surface area (Å²) in [5, 5.41) is 6.97. The molecule has 0 spiro atoms. The lowest BCUT2D eigenvalue weighted by Gasteiger charge is -2.22. The first-order valence-corrected chi connectivity index (χ1v) is 10.4. The van der Waals surface area contributed by atoms with Crippen molar-refractivity contribution in [1.29, 1.82) is 0 Å². The number of halogens is 1. The maximum atomic E-state index is 13.0. The number of aromatic amines is 1. The first-order chi connectivity index (χ1) is 14.9. The molecule has 162 valence electrons. The fraction of sp³-hybridized carbons (Fsp3) is 0.261. The number of rotatable bonds is 9. The van der Waals surface area contributed by atoms with Crippen molar-refractivity contribution in [3.05, 3.63) is 70.9 Å². The summed E-state index contributed by atoms with van der Waals surface area (Å²) in [6.07, 6.45) is 3.09. The zero-order chi connectivity index (χ0) is 22.4. The van der Waals surface area contributed by atoms with Crippen molar-refractivity contribution in [3.8, 4) is 0 Å². The number of carbonyl (C=O) groups is 3. The lowest BCUT2D eigenvalue weighted by molar-refractivity contribution is -0.130. The van der Waals surface area contributed by atoms with Crippen molar-refractivity contribution in [2.24, 2.45) is 5.73 Å². The van der Waals surface area contributed by atoms with Crippen molar-refractivity contribution >= 4 is 40.6 Å². The standard InChI is InChI=1S/C23H25ClN4O3/c1-14(25)22(30)28-21(10-15-6-8-17(24)9-7-15)23(31)27-18(13-29)11-16-12-26-20-5-3-2-4-19(16)20/h2-9,12-14,18,21,26H,10-11,25H2,1H3,(H,27,31)(H,28,30)/t14-,18+,21+/m0/s1. The second kappa shape index (κ2) is 10.2. The van der Waals surface area contributed by atoms with Crippen LogP contribution in [0.25, 0.3) is 10.9 Å². The van der Waals surface area contributed by atoms with Crippen LogP contribution in [0.3, 0.4) is 0 Å². The zero-order valence-electron chi connectivity index (χ0n) is 17.1. The topological polar surface area (TPSA) is 117 Å². The van der Waals surface area contributed by atoms with Crippen LogP contribution in [0.4, 0.5) is 0 Å². The lowest BCUT2D eigenvalue weighted by Crippen LogP contribution is -2.54. The van der Waals surface area contributed by atoms with E-state index in [1.807, 2.05) is 30.5 Å². The third-order valence-corrected chi connectivity index (χ3v) is 5.26.